The van der Waals surface area contributed by atoms with Crippen molar-refractivity contribution in [1.29, 1.82) is 5.26 Å². The number of carbonyl (C=O) groups is 2. The van der Waals surface area contributed by atoms with E-state index in [0.717, 1.165) is 23.3 Å². The lowest BCUT2D eigenvalue weighted by Gasteiger charge is -2.28. The number of rotatable bonds is 12. The van der Waals surface area contributed by atoms with Crippen LogP contribution in [0, 0.1) is 16.7 Å². The Morgan fingerprint density at radius 3 is 2.63 bits per heavy atom. The van der Waals surface area contributed by atoms with E-state index in [1.165, 1.54) is 12.1 Å². The van der Waals surface area contributed by atoms with Gasteiger partial charge in [0.2, 0.25) is 5.95 Å². The van der Waals surface area contributed by atoms with Gasteiger partial charge in [-0.1, -0.05) is 20.8 Å². The Kier molecular flexibility index (Phi) is 11.0. The van der Waals surface area contributed by atoms with Crippen LogP contribution in [0.25, 0.3) is 11.2 Å². The van der Waals surface area contributed by atoms with Gasteiger partial charge in [0.1, 0.15) is 17.2 Å². The van der Waals surface area contributed by atoms with E-state index < -0.39 is 17.9 Å². The van der Waals surface area contributed by atoms with Crippen molar-refractivity contribution in [3.8, 4) is 6.07 Å². The number of halogens is 2. The normalized spacial score (nSPS) is 16.7. The molecule has 3 aromatic rings. The Morgan fingerprint density at radius 1 is 1.26 bits per heavy atom. The zero-order valence-electron chi connectivity index (χ0n) is 27.5. The number of amides is 2. The molecule has 248 valence electrons. The second-order valence-electron chi connectivity index (χ2n) is 13.2. The Morgan fingerprint density at radius 2 is 2.00 bits per heavy atom. The van der Waals surface area contributed by atoms with Crippen molar-refractivity contribution in [2.75, 3.05) is 18.5 Å². The molecule has 1 aliphatic rings. The Bertz CT molecular complexity index is 1630. The molecule has 0 spiro atoms. The Labute approximate surface area is 272 Å². The number of imidazole rings is 1. The molecule has 10 nitrogen and oxygen atoms in total. The molecule has 0 unspecified atom stereocenters. The number of ether oxygens (including phenoxy) is 1. The first-order valence-corrected chi connectivity index (χ1v) is 16.3. The van der Waals surface area contributed by atoms with Crippen molar-refractivity contribution in [2.24, 2.45) is 5.41 Å². The number of nitrogens with one attached hydrogen (secondary N) is 2. The molecule has 0 radical (unpaired) electrons. The largest absolute Gasteiger partial charge is 0.372 e. The Hall–Kier alpha value is -3.73. The van der Waals surface area contributed by atoms with Crippen LogP contribution >= 0.6 is 11.3 Å². The lowest BCUT2D eigenvalue weighted by atomic mass is 9.88. The van der Waals surface area contributed by atoms with E-state index >= 15 is 0 Å². The van der Waals surface area contributed by atoms with Crippen molar-refractivity contribution >= 4 is 40.3 Å². The zero-order chi connectivity index (χ0) is 33.8. The minimum atomic E-state index is -2.68. The number of fused-ring (bicyclic) bond motifs is 1. The molecule has 4 rings (SSSR count). The van der Waals surface area contributed by atoms with Crippen molar-refractivity contribution in [2.45, 2.75) is 98.5 Å². The lowest BCUT2D eigenvalue weighted by Crippen LogP contribution is -2.39. The molecular formula is C33H43F2N7O3S. The summed E-state index contributed by atoms with van der Waals surface area (Å²) in [7, 11) is 0. The highest BCUT2D eigenvalue weighted by Gasteiger charge is 2.33. The van der Waals surface area contributed by atoms with Crippen molar-refractivity contribution in [3.05, 3.63) is 51.4 Å². The summed E-state index contributed by atoms with van der Waals surface area (Å²) in [6.07, 6.45) is 2.04. The minimum absolute atomic E-state index is 0.00153. The molecule has 13 heteroatoms. The van der Waals surface area contributed by atoms with Gasteiger partial charge in [-0.05, 0) is 75.8 Å². The van der Waals surface area contributed by atoms with Crippen molar-refractivity contribution in [1.82, 2.24) is 24.8 Å². The fraction of sp³-hybridized carbons (Fsp3) is 0.545. The average Bonchev–Trinajstić information content (AvgIpc) is 3.73. The summed E-state index contributed by atoms with van der Waals surface area (Å²) in [4.78, 5) is 37.8. The van der Waals surface area contributed by atoms with Gasteiger partial charge >= 0.3 is 0 Å². The number of alkyl halides is 2. The maximum Gasteiger partial charge on any atom is 0.272 e. The highest BCUT2D eigenvalue weighted by Crippen LogP contribution is 2.30. The number of thiophene rings is 1. The number of nitrogens with zero attached hydrogens (tertiary/aromatic N) is 5. The fourth-order valence-electron chi connectivity index (χ4n) is 5.31. The van der Waals surface area contributed by atoms with Crippen molar-refractivity contribution in [3.63, 3.8) is 0 Å². The van der Waals surface area contributed by atoms with E-state index in [2.05, 4.69) is 38.3 Å². The molecule has 1 aliphatic heterocycles. The van der Waals surface area contributed by atoms with Crippen LogP contribution < -0.4 is 10.6 Å². The summed E-state index contributed by atoms with van der Waals surface area (Å²) < 4.78 is 33.9. The summed E-state index contributed by atoms with van der Waals surface area (Å²) >= 11 is 0.722. The second-order valence-corrected chi connectivity index (χ2v) is 14.3. The van der Waals surface area contributed by atoms with E-state index in [-0.39, 0.29) is 51.2 Å². The monoisotopic (exact) mass is 655 g/mol. The van der Waals surface area contributed by atoms with E-state index in [4.69, 9.17) is 14.7 Å². The molecule has 0 aromatic carbocycles. The molecule has 2 amide bonds. The van der Waals surface area contributed by atoms with Crippen LogP contribution in [0.1, 0.15) is 87.8 Å². The molecule has 2 atom stereocenters. The van der Waals surface area contributed by atoms with Gasteiger partial charge in [-0.25, -0.2) is 18.7 Å². The summed E-state index contributed by atoms with van der Waals surface area (Å²) in [6, 6.07) is 6.48. The van der Waals surface area contributed by atoms with Crippen LogP contribution in [0.5, 0.6) is 0 Å². The van der Waals surface area contributed by atoms with Crippen molar-refractivity contribution < 1.29 is 23.1 Å². The van der Waals surface area contributed by atoms with Gasteiger partial charge in [0.25, 0.3) is 18.2 Å². The summed E-state index contributed by atoms with van der Waals surface area (Å²) in [5.41, 5.74) is 1.23. The first-order valence-electron chi connectivity index (χ1n) is 15.5. The fourth-order valence-corrected chi connectivity index (χ4v) is 6.07. The van der Waals surface area contributed by atoms with Crippen LogP contribution in [-0.2, 0) is 22.6 Å². The van der Waals surface area contributed by atoms with Gasteiger partial charge in [-0.2, -0.15) is 5.26 Å². The second kappa shape index (κ2) is 14.4. The molecule has 4 heterocycles. The molecule has 1 fully saturated rings. The van der Waals surface area contributed by atoms with Gasteiger partial charge in [-0.15, -0.1) is 11.3 Å². The van der Waals surface area contributed by atoms with Crippen LogP contribution in [0.2, 0.25) is 0 Å². The summed E-state index contributed by atoms with van der Waals surface area (Å²) in [5.74, 6) is -0.762. The van der Waals surface area contributed by atoms with Gasteiger partial charge in [0, 0.05) is 38.5 Å². The van der Waals surface area contributed by atoms with E-state index in [1.807, 2.05) is 19.1 Å². The van der Waals surface area contributed by atoms with Gasteiger partial charge < -0.3 is 15.0 Å². The first-order chi connectivity index (χ1) is 21.6. The van der Waals surface area contributed by atoms with Crippen LogP contribution in [-0.4, -0.2) is 62.1 Å². The predicted molar refractivity (Wildman–Crippen MR) is 175 cm³/mol. The molecule has 2 N–H and O–H groups in total. The third kappa shape index (κ3) is 8.34. The zero-order valence-corrected chi connectivity index (χ0v) is 28.3. The SMILES string of the molecule is CCOC(C)(C)/C=C(\C#N)C(=O)N1CCC[C@@H]1Cn1c(NC(=O)c2ccc(C(F)F)s2)nc2cc(CN[C@@H](C)C(C)(C)C)cnc21. The maximum absolute atomic E-state index is 13.6. The first kappa shape index (κ1) is 35.1. The van der Waals surface area contributed by atoms with Gasteiger partial charge in [0.05, 0.1) is 21.4 Å². The van der Waals surface area contributed by atoms with Crippen LogP contribution in [0.15, 0.2) is 36.0 Å². The average molecular weight is 656 g/mol. The smallest absolute Gasteiger partial charge is 0.272 e. The number of pyridine rings is 1. The number of aromatic nitrogens is 3. The Balaban J connectivity index is 1.66. The highest BCUT2D eigenvalue weighted by atomic mass is 32.1. The third-order valence-electron chi connectivity index (χ3n) is 8.23. The molecule has 0 bridgehead atoms. The number of anilines is 1. The summed E-state index contributed by atoms with van der Waals surface area (Å²) in [5, 5.41) is 16.2. The quantitative estimate of drug-likeness (QED) is 0.169. The predicted octanol–water partition coefficient (Wildman–Crippen LogP) is 6.46. The van der Waals surface area contributed by atoms with Gasteiger partial charge in [0.15, 0.2) is 5.65 Å². The maximum atomic E-state index is 13.6. The molecule has 0 aliphatic carbocycles. The minimum Gasteiger partial charge on any atom is -0.372 e. The molecule has 0 saturated carbocycles. The number of carbonyl (C=O) groups excluding carboxylic acids is 2. The van der Waals surface area contributed by atoms with E-state index in [1.54, 1.807) is 35.6 Å². The standard InChI is InChI=1S/C33H43F2N7O3S/c1-8-45-33(6,7)15-22(16-36)30(44)41-13-9-10-23(41)19-42-28-24(14-21(18-38-28)17-37-20(2)32(3,4)5)39-31(42)40-29(43)26-12-11-25(46-26)27(34)35/h11-12,14-15,18,20,23,27,37H,8-10,13,17,19H2,1-7H3,(H,39,40,43)/b22-15+/t20-,23+/m0/s1. The lowest BCUT2D eigenvalue weighted by molar-refractivity contribution is -0.127. The third-order valence-corrected chi connectivity index (χ3v) is 9.33. The molecule has 1 saturated heterocycles. The molecular weight excluding hydrogens is 612 g/mol. The van der Waals surface area contributed by atoms with Gasteiger partial charge in [-0.3, -0.25) is 19.5 Å². The van der Waals surface area contributed by atoms with Crippen LogP contribution in [0.4, 0.5) is 14.7 Å². The highest BCUT2D eigenvalue weighted by molar-refractivity contribution is 7.14. The topological polar surface area (TPSA) is 125 Å². The number of hydrogen-bond donors (Lipinski definition) is 2. The molecule has 46 heavy (non-hydrogen) atoms. The van der Waals surface area contributed by atoms with E-state index in [0.29, 0.717) is 37.3 Å². The number of likely N-dealkylation sites (tertiary alicyclic amines) is 1. The van der Waals surface area contributed by atoms with E-state index in [9.17, 15) is 23.6 Å². The molecule has 3 aromatic heterocycles. The number of nitriles is 1. The van der Waals surface area contributed by atoms with Crippen LogP contribution in [0.3, 0.4) is 0 Å². The summed E-state index contributed by atoms with van der Waals surface area (Å²) in [6.45, 7) is 15.8. The number of hydrogen-bond acceptors (Lipinski definition) is 8.